The van der Waals surface area contributed by atoms with E-state index in [1.54, 1.807) is 0 Å². The Morgan fingerprint density at radius 1 is 0.273 bits per heavy atom. The summed E-state index contributed by atoms with van der Waals surface area (Å²) in [5.41, 5.74) is -2.78. The predicted molar refractivity (Wildman–Crippen MR) is 229 cm³/mol. The summed E-state index contributed by atoms with van der Waals surface area (Å²) in [5, 5.41) is 0. The first-order valence-corrected chi connectivity index (χ1v) is 21.0. The number of benzene rings is 4. The fraction of sp³-hybridized carbons (Fsp3) is 0.500. The molecule has 4 rings (SSSR count). The van der Waals surface area contributed by atoms with E-state index >= 15 is 0 Å². The van der Waals surface area contributed by atoms with Crippen LogP contribution in [0.4, 0.5) is 0 Å². The quantitative estimate of drug-likeness (QED) is 0.160. The van der Waals surface area contributed by atoms with E-state index in [0.29, 0.717) is 34.5 Å². The van der Waals surface area contributed by atoms with E-state index in [1.807, 2.05) is 0 Å². The molecule has 0 aliphatic rings. The molecule has 0 N–H and O–H groups in total. The Balaban J connectivity index is 2.25. The summed E-state index contributed by atoms with van der Waals surface area (Å²) >= 11 is 0. The van der Waals surface area contributed by atoms with Crippen LogP contribution < -0.4 is 28.4 Å². The van der Waals surface area contributed by atoms with Crippen LogP contribution in [0.5, 0.6) is 34.5 Å². The molecule has 302 valence electrons. The smallest absolute Gasteiger partial charge is 0.163 e. The number of rotatable bonds is 10. The maximum Gasteiger partial charge on any atom is 0.163 e. The summed E-state index contributed by atoms with van der Waals surface area (Å²) in [7, 11) is -2.33. The van der Waals surface area contributed by atoms with Crippen molar-refractivity contribution in [2.75, 3.05) is 0 Å². The largest absolute Gasteiger partial charge is 0.484 e. The molecular formula is C48H68O6S. The monoisotopic (exact) mass is 772 g/mol. The maximum absolute atomic E-state index is 6.75. The lowest BCUT2D eigenvalue weighted by atomic mass is 10.1. The Morgan fingerprint density at radius 3 is 0.745 bits per heavy atom. The summed E-state index contributed by atoms with van der Waals surface area (Å²) in [6.07, 6.45) is 0. The molecule has 0 fully saturated rings. The molecule has 0 saturated carbocycles. The van der Waals surface area contributed by atoms with Crippen molar-refractivity contribution in [3.8, 4) is 34.5 Å². The highest BCUT2D eigenvalue weighted by molar-refractivity contribution is 8.34. The average molecular weight is 773 g/mol. The summed E-state index contributed by atoms with van der Waals surface area (Å²) in [6.45, 7) is 37.0. The van der Waals surface area contributed by atoms with E-state index in [2.05, 4.69) is 210 Å². The minimum Gasteiger partial charge on any atom is -0.484 e. The normalized spacial score (nSPS) is 13.6. The summed E-state index contributed by atoms with van der Waals surface area (Å²) in [5.74, 6) is 4.07. The standard InChI is InChI=1S/C48H68O6S/c1-43(2,3)49-37-27-24-34(30-40(37)52-46(10,11)12)55(33-22-20-19-21-23-33,35-25-28-38(50-44(4,5)6)41(31-35)53-47(13,14)15)36-26-29-39(51-45(7,8)9)42(32-36)54-48(16,17)18/h19-32H,1-18H3. The lowest BCUT2D eigenvalue weighted by Gasteiger charge is -2.43. The van der Waals surface area contributed by atoms with E-state index in [1.165, 1.54) is 0 Å². The third-order valence-electron chi connectivity index (χ3n) is 7.40. The zero-order chi connectivity index (χ0) is 41.4. The minimum atomic E-state index is -2.33. The van der Waals surface area contributed by atoms with Gasteiger partial charge in [0.15, 0.2) is 34.5 Å². The lowest BCUT2D eigenvalue weighted by Crippen LogP contribution is -2.27. The van der Waals surface area contributed by atoms with Crippen molar-refractivity contribution in [2.24, 2.45) is 0 Å². The molecule has 7 heteroatoms. The van der Waals surface area contributed by atoms with Gasteiger partial charge in [-0.05, 0) is 191 Å². The van der Waals surface area contributed by atoms with E-state index < -0.39 is 43.6 Å². The van der Waals surface area contributed by atoms with Gasteiger partial charge in [-0.1, -0.05) is 18.2 Å². The molecule has 0 atom stereocenters. The van der Waals surface area contributed by atoms with Crippen LogP contribution in [0.1, 0.15) is 125 Å². The maximum atomic E-state index is 6.75. The van der Waals surface area contributed by atoms with Gasteiger partial charge in [-0.3, -0.25) is 0 Å². The average Bonchev–Trinajstić information content (AvgIpc) is 2.97. The van der Waals surface area contributed by atoms with Crippen molar-refractivity contribution in [1.29, 1.82) is 0 Å². The molecule has 0 aliphatic heterocycles. The molecule has 4 aromatic carbocycles. The molecule has 0 spiro atoms. The lowest BCUT2D eigenvalue weighted by molar-refractivity contribution is 0.0952. The van der Waals surface area contributed by atoms with Gasteiger partial charge in [0.25, 0.3) is 0 Å². The molecule has 0 saturated heterocycles. The summed E-state index contributed by atoms with van der Waals surface area (Å²) in [4.78, 5) is 4.28. The van der Waals surface area contributed by atoms with Crippen molar-refractivity contribution in [2.45, 2.75) is 178 Å². The van der Waals surface area contributed by atoms with Crippen LogP contribution in [-0.2, 0) is 0 Å². The summed E-state index contributed by atoms with van der Waals surface area (Å²) in [6, 6.07) is 29.9. The molecule has 0 amide bonds. The second kappa shape index (κ2) is 15.5. The first kappa shape index (κ1) is 43.8. The third kappa shape index (κ3) is 12.3. The van der Waals surface area contributed by atoms with Gasteiger partial charge in [0.05, 0.1) is 0 Å². The highest BCUT2D eigenvalue weighted by Gasteiger charge is 2.38. The van der Waals surface area contributed by atoms with Crippen molar-refractivity contribution in [1.82, 2.24) is 0 Å². The van der Waals surface area contributed by atoms with Crippen LogP contribution in [0.2, 0.25) is 0 Å². The van der Waals surface area contributed by atoms with E-state index in [4.69, 9.17) is 28.4 Å². The molecule has 0 unspecified atom stereocenters. The molecule has 0 heterocycles. The van der Waals surface area contributed by atoms with Crippen LogP contribution in [0.3, 0.4) is 0 Å². The number of ether oxygens (including phenoxy) is 6. The SMILES string of the molecule is CC(C)(C)Oc1ccc(S(c2ccccc2)(c2ccc(OC(C)(C)C)c(OC(C)(C)C)c2)c2ccc(OC(C)(C)C)c(OC(C)(C)C)c2)cc1OC(C)(C)C. The molecule has 0 aromatic heterocycles. The molecule has 4 aromatic rings. The molecule has 0 aliphatic carbocycles. The van der Waals surface area contributed by atoms with Crippen LogP contribution in [-0.4, -0.2) is 33.6 Å². The van der Waals surface area contributed by atoms with Crippen LogP contribution in [0.25, 0.3) is 0 Å². The highest BCUT2D eigenvalue weighted by Crippen LogP contribution is 2.75. The molecular weight excluding hydrogens is 705 g/mol. The Kier molecular flexibility index (Phi) is 12.3. The first-order chi connectivity index (χ1) is 24.9. The first-order valence-electron chi connectivity index (χ1n) is 19.4. The predicted octanol–water partition coefficient (Wildman–Crippen LogP) is 14.1. The highest BCUT2D eigenvalue weighted by atomic mass is 32.3. The Bertz CT molecular complexity index is 1710. The van der Waals surface area contributed by atoms with Gasteiger partial charge in [-0.15, -0.1) is 10.0 Å². The zero-order valence-electron chi connectivity index (χ0n) is 36.9. The van der Waals surface area contributed by atoms with Crippen molar-refractivity contribution in [3.05, 3.63) is 84.9 Å². The van der Waals surface area contributed by atoms with Crippen LogP contribution in [0, 0.1) is 0 Å². The second-order valence-corrected chi connectivity index (χ2v) is 23.1. The topological polar surface area (TPSA) is 55.4 Å². The van der Waals surface area contributed by atoms with E-state index in [9.17, 15) is 0 Å². The Labute approximate surface area is 334 Å². The van der Waals surface area contributed by atoms with Gasteiger partial charge in [-0.25, -0.2) is 0 Å². The van der Waals surface area contributed by atoms with Gasteiger partial charge in [0.1, 0.15) is 33.6 Å². The number of hydrogen-bond donors (Lipinski definition) is 0. The fourth-order valence-electron chi connectivity index (χ4n) is 5.95. The Hall–Kier alpha value is -3.97. The Morgan fingerprint density at radius 2 is 0.509 bits per heavy atom. The third-order valence-corrected chi connectivity index (χ3v) is 11.3. The molecule has 0 bridgehead atoms. The van der Waals surface area contributed by atoms with E-state index in [0.717, 1.165) is 19.6 Å². The van der Waals surface area contributed by atoms with Gasteiger partial charge in [0, 0.05) is 19.6 Å². The molecule has 0 radical (unpaired) electrons. The van der Waals surface area contributed by atoms with Crippen molar-refractivity contribution in [3.63, 3.8) is 0 Å². The number of hydrogen-bond acceptors (Lipinski definition) is 6. The van der Waals surface area contributed by atoms with Crippen molar-refractivity contribution >= 4 is 10.0 Å². The van der Waals surface area contributed by atoms with Gasteiger partial charge in [0.2, 0.25) is 0 Å². The summed E-state index contributed by atoms with van der Waals surface area (Å²) < 4.78 is 39.9. The van der Waals surface area contributed by atoms with Gasteiger partial charge in [-0.2, -0.15) is 0 Å². The van der Waals surface area contributed by atoms with Gasteiger partial charge >= 0.3 is 0 Å². The fourth-order valence-corrected chi connectivity index (χ4v) is 9.82. The van der Waals surface area contributed by atoms with Gasteiger partial charge < -0.3 is 28.4 Å². The van der Waals surface area contributed by atoms with Crippen LogP contribution in [0.15, 0.2) is 105 Å². The molecule has 55 heavy (non-hydrogen) atoms. The minimum absolute atomic E-state index is 0.439. The second-order valence-electron chi connectivity index (χ2n) is 20.0. The zero-order valence-corrected chi connectivity index (χ0v) is 37.8. The van der Waals surface area contributed by atoms with E-state index in [-0.39, 0.29) is 0 Å². The molecule has 6 nitrogen and oxygen atoms in total. The van der Waals surface area contributed by atoms with Crippen LogP contribution >= 0.6 is 10.0 Å². The van der Waals surface area contributed by atoms with Crippen molar-refractivity contribution < 1.29 is 28.4 Å².